The second-order valence-electron chi connectivity index (χ2n) is 6.58. The lowest BCUT2D eigenvalue weighted by Crippen LogP contribution is -2.30. The summed E-state index contributed by atoms with van der Waals surface area (Å²) < 4.78 is 0. The van der Waals surface area contributed by atoms with Gasteiger partial charge in [0.05, 0.1) is 0 Å². The van der Waals surface area contributed by atoms with Crippen molar-refractivity contribution in [3.63, 3.8) is 0 Å². The van der Waals surface area contributed by atoms with Crippen molar-refractivity contribution in [2.45, 2.75) is 79.7 Å². The predicted molar refractivity (Wildman–Crippen MR) is 95.0 cm³/mol. The van der Waals surface area contributed by atoms with Crippen LogP contribution in [0.1, 0.15) is 81.2 Å². The molecule has 1 aromatic carbocycles. The fraction of sp³-hybridized carbons (Fsp3) is 0.700. The van der Waals surface area contributed by atoms with E-state index >= 15 is 0 Å². The Labute approximate surface area is 132 Å². The molecule has 0 heterocycles. The van der Waals surface area contributed by atoms with Gasteiger partial charge in [0.2, 0.25) is 0 Å². The third-order valence-electron chi connectivity index (χ3n) is 4.45. The molecule has 120 valence electrons. The molecule has 1 unspecified atom stereocenters. The van der Waals surface area contributed by atoms with E-state index in [1.807, 2.05) is 0 Å². The number of hydrogen-bond acceptors (Lipinski definition) is 1. The quantitative estimate of drug-likeness (QED) is 0.599. The van der Waals surface area contributed by atoms with Crippen molar-refractivity contribution in [3.8, 4) is 0 Å². The van der Waals surface area contributed by atoms with E-state index in [1.54, 1.807) is 5.56 Å². The Morgan fingerprint density at radius 1 is 0.857 bits per heavy atom. The zero-order valence-corrected chi connectivity index (χ0v) is 15.1. The van der Waals surface area contributed by atoms with E-state index in [9.17, 15) is 0 Å². The molecule has 0 aliphatic heterocycles. The average molecular weight is 290 g/mol. The first-order chi connectivity index (χ1) is 10.0. The van der Waals surface area contributed by atoms with Gasteiger partial charge in [-0.1, -0.05) is 51.3 Å². The molecule has 21 heavy (non-hydrogen) atoms. The highest BCUT2D eigenvalue weighted by Gasteiger charge is 2.24. The molecule has 1 atom stereocenters. The van der Waals surface area contributed by atoms with Crippen LogP contribution >= 0.6 is 0 Å². The van der Waals surface area contributed by atoms with Gasteiger partial charge < -0.3 is 5.32 Å². The first-order valence-electron chi connectivity index (χ1n) is 8.86. The van der Waals surface area contributed by atoms with Crippen LogP contribution in [0.3, 0.4) is 0 Å². The SMILES string of the molecule is CCCNC(c1c(C)cc(C)cc1C)C(CCC)CCC. The number of hydrogen-bond donors (Lipinski definition) is 1. The van der Waals surface area contributed by atoms with Gasteiger partial charge in [0.1, 0.15) is 0 Å². The normalized spacial score (nSPS) is 12.9. The van der Waals surface area contributed by atoms with E-state index < -0.39 is 0 Å². The zero-order chi connectivity index (χ0) is 15.8. The zero-order valence-electron chi connectivity index (χ0n) is 15.1. The van der Waals surface area contributed by atoms with Gasteiger partial charge in [0.15, 0.2) is 0 Å². The van der Waals surface area contributed by atoms with Gasteiger partial charge in [-0.15, -0.1) is 0 Å². The van der Waals surface area contributed by atoms with Crippen molar-refractivity contribution in [1.29, 1.82) is 0 Å². The molecule has 0 bridgehead atoms. The summed E-state index contributed by atoms with van der Waals surface area (Å²) in [4.78, 5) is 0. The van der Waals surface area contributed by atoms with Gasteiger partial charge in [-0.05, 0) is 69.2 Å². The Balaban J connectivity index is 3.16. The molecule has 1 aromatic rings. The van der Waals surface area contributed by atoms with Gasteiger partial charge in [0.25, 0.3) is 0 Å². The minimum Gasteiger partial charge on any atom is -0.310 e. The molecule has 0 fully saturated rings. The average Bonchev–Trinajstić information content (AvgIpc) is 2.41. The minimum atomic E-state index is 0.519. The van der Waals surface area contributed by atoms with E-state index in [4.69, 9.17) is 0 Å². The Bertz CT molecular complexity index is 393. The highest BCUT2D eigenvalue weighted by atomic mass is 14.9. The third-order valence-corrected chi connectivity index (χ3v) is 4.45. The van der Waals surface area contributed by atoms with Gasteiger partial charge in [-0.2, -0.15) is 0 Å². The van der Waals surface area contributed by atoms with Gasteiger partial charge >= 0.3 is 0 Å². The van der Waals surface area contributed by atoms with Crippen LogP contribution in [0.4, 0.5) is 0 Å². The maximum Gasteiger partial charge on any atom is 0.0353 e. The molecule has 0 spiro atoms. The summed E-state index contributed by atoms with van der Waals surface area (Å²) in [6.45, 7) is 14.8. The Morgan fingerprint density at radius 2 is 1.38 bits per heavy atom. The second-order valence-corrected chi connectivity index (χ2v) is 6.58. The monoisotopic (exact) mass is 289 g/mol. The predicted octanol–water partition coefficient (Wildman–Crippen LogP) is 5.87. The molecule has 0 aromatic heterocycles. The van der Waals surface area contributed by atoms with Crippen molar-refractivity contribution in [2.75, 3.05) is 6.54 Å². The van der Waals surface area contributed by atoms with Crippen LogP contribution in [-0.2, 0) is 0 Å². The van der Waals surface area contributed by atoms with E-state index in [1.165, 1.54) is 48.8 Å². The van der Waals surface area contributed by atoms with Crippen LogP contribution in [0.2, 0.25) is 0 Å². The molecule has 0 saturated heterocycles. The summed E-state index contributed by atoms with van der Waals surface area (Å²) in [5.41, 5.74) is 5.85. The lowest BCUT2D eigenvalue weighted by atomic mass is 9.82. The van der Waals surface area contributed by atoms with E-state index in [2.05, 4.69) is 59.0 Å². The molecule has 1 rings (SSSR count). The summed E-state index contributed by atoms with van der Waals surface area (Å²) in [6.07, 6.45) is 6.40. The maximum atomic E-state index is 3.86. The van der Waals surface area contributed by atoms with Crippen LogP contribution in [-0.4, -0.2) is 6.54 Å². The van der Waals surface area contributed by atoms with Crippen LogP contribution in [0.15, 0.2) is 12.1 Å². The van der Waals surface area contributed by atoms with Gasteiger partial charge in [-0.3, -0.25) is 0 Å². The van der Waals surface area contributed by atoms with Crippen molar-refractivity contribution in [2.24, 2.45) is 5.92 Å². The summed E-state index contributed by atoms with van der Waals surface area (Å²) >= 11 is 0. The number of aryl methyl sites for hydroxylation is 3. The first kappa shape index (κ1) is 18.2. The summed E-state index contributed by atoms with van der Waals surface area (Å²) in [7, 11) is 0. The van der Waals surface area contributed by atoms with Crippen LogP contribution < -0.4 is 5.32 Å². The lowest BCUT2D eigenvalue weighted by Gasteiger charge is -2.31. The van der Waals surface area contributed by atoms with Gasteiger partial charge in [0, 0.05) is 6.04 Å². The van der Waals surface area contributed by atoms with E-state index in [0.29, 0.717) is 6.04 Å². The van der Waals surface area contributed by atoms with Gasteiger partial charge in [-0.25, -0.2) is 0 Å². The highest BCUT2D eigenvalue weighted by molar-refractivity contribution is 5.40. The first-order valence-corrected chi connectivity index (χ1v) is 8.86. The molecule has 1 N–H and O–H groups in total. The van der Waals surface area contributed by atoms with Crippen molar-refractivity contribution < 1.29 is 0 Å². The maximum absolute atomic E-state index is 3.86. The highest BCUT2D eigenvalue weighted by Crippen LogP contribution is 2.34. The van der Waals surface area contributed by atoms with Crippen molar-refractivity contribution in [1.82, 2.24) is 5.32 Å². The molecule has 1 heteroatoms. The Kier molecular flexibility index (Phi) is 8.03. The van der Waals surface area contributed by atoms with Crippen LogP contribution in [0.25, 0.3) is 0 Å². The Hall–Kier alpha value is -0.820. The van der Waals surface area contributed by atoms with Crippen molar-refractivity contribution >= 4 is 0 Å². The standard InChI is InChI=1S/C20H35N/c1-7-10-18(11-8-2)20(21-12-9-3)19-16(5)13-15(4)14-17(19)6/h13-14,18,20-21H,7-12H2,1-6H3. The molecule has 0 aliphatic rings. The van der Waals surface area contributed by atoms with E-state index in [-0.39, 0.29) is 0 Å². The smallest absolute Gasteiger partial charge is 0.0353 e. The topological polar surface area (TPSA) is 12.0 Å². The van der Waals surface area contributed by atoms with Crippen LogP contribution in [0, 0.1) is 26.7 Å². The largest absolute Gasteiger partial charge is 0.310 e. The molecule has 0 radical (unpaired) electrons. The molecular formula is C20H35N. The molecule has 0 amide bonds. The molecular weight excluding hydrogens is 254 g/mol. The fourth-order valence-corrected chi connectivity index (χ4v) is 3.71. The van der Waals surface area contributed by atoms with Crippen molar-refractivity contribution in [3.05, 3.63) is 34.4 Å². The number of rotatable bonds is 9. The minimum absolute atomic E-state index is 0.519. The summed E-state index contributed by atoms with van der Waals surface area (Å²) in [5.74, 6) is 0.756. The summed E-state index contributed by atoms with van der Waals surface area (Å²) in [6, 6.07) is 5.21. The third kappa shape index (κ3) is 5.14. The number of benzene rings is 1. The Morgan fingerprint density at radius 3 is 1.81 bits per heavy atom. The second kappa shape index (κ2) is 9.25. The molecule has 1 nitrogen and oxygen atoms in total. The summed E-state index contributed by atoms with van der Waals surface area (Å²) in [5, 5.41) is 3.86. The van der Waals surface area contributed by atoms with Crippen LogP contribution in [0.5, 0.6) is 0 Å². The molecule has 0 aliphatic carbocycles. The van der Waals surface area contributed by atoms with E-state index in [0.717, 1.165) is 12.5 Å². The number of nitrogens with one attached hydrogen (secondary N) is 1. The lowest BCUT2D eigenvalue weighted by molar-refractivity contribution is 0.314. The molecule has 0 saturated carbocycles. The fourth-order valence-electron chi connectivity index (χ4n) is 3.71.